The first-order chi connectivity index (χ1) is 9.06. The molecule has 5 heteroatoms. The minimum absolute atomic E-state index is 0.0127. The van der Waals surface area contributed by atoms with Gasteiger partial charge in [0.25, 0.3) is 5.91 Å². The van der Waals surface area contributed by atoms with Gasteiger partial charge in [0.15, 0.2) is 0 Å². The molecule has 0 saturated carbocycles. The number of carbonyl (C=O) groups is 2. The van der Waals surface area contributed by atoms with Crippen molar-refractivity contribution in [2.75, 3.05) is 13.1 Å². The maximum absolute atomic E-state index is 12.0. The molecule has 19 heavy (non-hydrogen) atoms. The average Bonchev–Trinajstić information content (AvgIpc) is 2.38. The van der Waals surface area contributed by atoms with Crippen LogP contribution in [0, 0.1) is 0 Å². The summed E-state index contributed by atoms with van der Waals surface area (Å²) >= 11 is 0. The Bertz CT molecular complexity index is 451. The van der Waals surface area contributed by atoms with E-state index < -0.39 is 0 Å². The number of hydrogen-bond acceptors (Lipinski definition) is 3. The molecule has 1 fully saturated rings. The standard InChI is InChI=1S/C14H18N2O3/c1-10-8-16(9-11(2)19-10)14(18)15-13(17)12-6-4-3-5-7-12/h3-7,10-11H,8-9H2,1-2H3,(H,15,17,18)/t10-,11+. The molecule has 1 heterocycles. The van der Waals surface area contributed by atoms with Crippen molar-refractivity contribution in [3.05, 3.63) is 35.9 Å². The Kier molecular flexibility index (Phi) is 4.16. The molecule has 0 unspecified atom stereocenters. The summed E-state index contributed by atoms with van der Waals surface area (Å²) in [5.41, 5.74) is 0.477. The fraction of sp³-hybridized carbons (Fsp3) is 0.429. The largest absolute Gasteiger partial charge is 0.372 e. The van der Waals surface area contributed by atoms with Gasteiger partial charge in [0, 0.05) is 18.7 Å². The van der Waals surface area contributed by atoms with E-state index in [1.54, 1.807) is 29.2 Å². The zero-order chi connectivity index (χ0) is 13.8. The molecule has 1 saturated heterocycles. The first-order valence-electron chi connectivity index (χ1n) is 6.37. The minimum atomic E-state index is -0.377. The molecule has 1 aliphatic heterocycles. The van der Waals surface area contributed by atoms with Gasteiger partial charge < -0.3 is 9.64 Å². The summed E-state index contributed by atoms with van der Waals surface area (Å²) in [6.45, 7) is 4.82. The van der Waals surface area contributed by atoms with Crippen molar-refractivity contribution in [2.24, 2.45) is 0 Å². The van der Waals surface area contributed by atoms with E-state index in [9.17, 15) is 9.59 Å². The number of imide groups is 1. The monoisotopic (exact) mass is 262 g/mol. The van der Waals surface area contributed by atoms with Crippen LogP contribution in [0.25, 0.3) is 0 Å². The third kappa shape index (κ3) is 3.54. The second-order valence-electron chi connectivity index (χ2n) is 4.79. The number of carbonyl (C=O) groups excluding carboxylic acids is 2. The highest BCUT2D eigenvalue weighted by Crippen LogP contribution is 2.10. The van der Waals surface area contributed by atoms with Crippen LogP contribution < -0.4 is 5.32 Å². The molecule has 0 aliphatic carbocycles. The van der Waals surface area contributed by atoms with E-state index in [4.69, 9.17) is 4.74 Å². The quantitative estimate of drug-likeness (QED) is 0.837. The molecule has 2 rings (SSSR count). The average molecular weight is 262 g/mol. The zero-order valence-electron chi connectivity index (χ0n) is 11.1. The summed E-state index contributed by atoms with van der Waals surface area (Å²) in [4.78, 5) is 25.5. The first-order valence-corrected chi connectivity index (χ1v) is 6.37. The lowest BCUT2D eigenvalue weighted by atomic mass is 10.2. The molecule has 3 amide bonds. The lowest BCUT2D eigenvalue weighted by molar-refractivity contribution is -0.0543. The number of benzene rings is 1. The van der Waals surface area contributed by atoms with Gasteiger partial charge >= 0.3 is 6.03 Å². The lowest BCUT2D eigenvalue weighted by Gasteiger charge is -2.35. The highest BCUT2D eigenvalue weighted by molar-refractivity contribution is 6.04. The predicted octanol–water partition coefficient (Wildman–Crippen LogP) is 1.65. The number of morpholine rings is 1. The number of amides is 3. The van der Waals surface area contributed by atoms with Gasteiger partial charge in [-0.3, -0.25) is 10.1 Å². The number of nitrogens with one attached hydrogen (secondary N) is 1. The Morgan fingerprint density at radius 2 is 1.74 bits per heavy atom. The molecule has 0 spiro atoms. The van der Waals surface area contributed by atoms with Gasteiger partial charge in [-0.2, -0.15) is 0 Å². The van der Waals surface area contributed by atoms with Gasteiger partial charge in [0.05, 0.1) is 12.2 Å². The molecule has 1 N–H and O–H groups in total. The van der Waals surface area contributed by atoms with E-state index in [-0.39, 0.29) is 24.1 Å². The van der Waals surface area contributed by atoms with Gasteiger partial charge in [-0.1, -0.05) is 18.2 Å². The molecule has 5 nitrogen and oxygen atoms in total. The topological polar surface area (TPSA) is 58.6 Å². The highest BCUT2D eigenvalue weighted by Gasteiger charge is 2.26. The SMILES string of the molecule is C[C@@H]1CN(C(=O)NC(=O)c2ccccc2)C[C@H](C)O1. The van der Waals surface area contributed by atoms with E-state index >= 15 is 0 Å². The molecule has 1 aromatic rings. The fourth-order valence-electron chi connectivity index (χ4n) is 2.18. The molecular weight excluding hydrogens is 244 g/mol. The summed E-state index contributed by atoms with van der Waals surface area (Å²) in [7, 11) is 0. The molecule has 0 radical (unpaired) electrons. The molecule has 0 aromatic heterocycles. The van der Waals surface area contributed by atoms with E-state index in [0.717, 1.165) is 0 Å². The summed E-state index contributed by atoms with van der Waals surface area (Å²) < 4.78 is 5.55. The van der Waals surface area contributed by atoms with Gasteiger partial charge in [-0.05, 0) is 26.0 Å². The Balaban J connectivity index is 1.96. The third-order valence-corrected chi connectivity index (χ3v) is 2.96. The molecule has 1 aliphatic rings. The van der Waals surface area contributed by atoms with Crippen molar-refractivity contribution in [1.29, 1.82) is 0 Å². The first kappa shape index (κ1) is 13.5. The van der Waals surface area contributed by atoms with Crippen molar-refractivity contribution >= 4 is 11.9 Å². The van der Waals surface area contributed by atoms with E-state index in [1.165, 1.54) is 0 Å². The number of urea groups is 1. The zero-order valence-corrected chi connectivity index (χ0v) is 11.1. The summed E-state index contributed by atoms with van der Waals surface area (Å²) in [5.74, 6) is -0.377. The van der Waals surface area contributed by atoms with Crippen LogP contribution in [0.3, 0.4) is 0 Å². The van der Waals surface area contributed by atoms with Crippen LogP contribution in [0.5, 0.6) is 0 Å². The molecular formula is C14H18N2O3. The second kappa shape index (κ2) is 5.84. The van der Waals surface area contributed by atoms with Gasteiger partial charge in [-0.25, -0.2) is 4.79 Å². The van der Waals surface area contributed by atoms with E-state index in [1.807, 2.05) is 19.9 Å². The van der Waals surface area contributed by atoms with Crippen molar-refractivity contribution < 1.29 is 14.3 Å². The Labute approximate surface area is 112 Å². The summed E-state index contributed by atoms with van der Waals surface area (Å²) in [6, 6.07) is 8.33. The number of hydrogen-bond donors (Lipinski definition) is 1. The van der Waals surface area contributed by atoms with Crippen LogP contribution in [0.4, 0.5) is 4.79 Å². The van der Waals surface area contributed by atoms with Crippen molar-refractivity contribution in [3.8, 4) is 0 Å². The summed E-state index contributed by atoms with van der Waals surface area (Å²) in [6.07, 6.45) is -0.0253. The van der Waals surface area contributed by atoms with Crippen LogP contribution in [-0.4, -0.2) is 42.1 Å². The summed E-state index contributed by atoms with van der Waals surface area (Å²) in [5, 5.41) is 2.40. The molecule has 0 bridgehead atoms. The van der Waals surface area contributed by atoms with Crippen LogP contribution in [-0.2, 0) is 4.74 Å². The Morgan fingerprint density at radius 1 is 1.16 bits per heavy atom. The van der Waals surface area contributed by atoms with Crippen LogP contribution in [0.15, 0.2) is 30.3 Å². The van der Waals surface area contributed by atoms with Crippen LogP contribution >= 0.6 is 0 Å². The third-order valence-electron chi connectivity index (χ3n) is 2.96. The highest BCUT2D eigenvalue weighted by atomic mass is 16.5. The van der Waals surface area contributed by atoms with Crippen molar-refractivity contribution in [3.63, 3.8) is 0 Å². The van der Waals surface area contributed by atoms with Crippen LogP contribution in [0.1, 0.15) is 24.2 Å². The van der Waals surface area contributed by atoms with Gasteiger partial charge in [0.2, 0.25) is 0 Å². The molecule has 2 atom stereocenters. The number of ether oxygens (including phenoxy) is 1. The van der Waals surface area contributed by atoms with Crippen molar-refractivity contribution in [2.45, 2.75) is 26.1 Å². The lowest BCUT2D eigenvalue weighted by Crippen LogP contribution is -2.52. The molecule has 1 aromatic carbocycles. The Morgan fingerprint density at radius 3 is 2.32 bits per heavy atom. The fourth-order valence-corrected chi connectivity index (χ4v) is 2.18. The van der Waals surface area contributed by atoms with E-state index in [2.05, 4.69) is 5.32 Å². The second-order valence-corrected chi connectivity index (χ2v) is 4.79. The number of nitrogens with zero attached hydrogens (tertiary/aromatic N) is 1. The van der Waals surface area contributed by atoms with E-state index in [0.29, 0.717) is 18.7 Å². The normalized spacial score (nSPS) is 22.9. The smallest absolute Gasteiger partial charge is 0.324 e. The minimum Gasteiger partial charge on any atom is -0.372 e. The van der Waals surface area contributed by atoms with Gasteiger partial charge in [0.1, 0.15) is 0 Å². The predicted molar refractivity (Wildman–Crippen MR) is 70.9 cm³/mol. The maximum Gasteiger partial charge on any atom is 0.324 e. The Hall–Kier alpha value is -1.88. The van der Waals surface area contributed by atoms with Crippen LogP contribution in [0.2, 0.25) is 0 Å². The van der Waals surface area contributed by atoms with Crippen molar-refractivity contribution in [1.82, 2.24) is 10.2 Å². The number of rotatable bonds is 1. The maximum atomic E-state index is 12.0. The molecule has 102 valence electrons. The van der Waals surface area contributed by atoms with Gasteiger partial charge in [-0.15, -0.1) is 0 Å².